The van der Waals surface area contributed by atoms with Crippen LogP contribution in [0.3, 0.4) is 0 Å². The summed E-state index contributed by atoms with van der Waals surface area (Å²) in [5.74, 6) is -0.670. The number of nitrogens with one attached hydrogen (secondary N) is 2. The average molecular weight is 299 g/mol. The van der Waals surface area contributed by atoms with Gasteiger partial charge >= 0.3 is 0 Å². The third-order valence-corrected chi connectivity index (χ3v) is 3.22. The van der Waals surface area contributed by atoms with E-state index < -0.39 is 6.04 Å². The van der Waals surface area contributed by atoms with E-state index in [2.05, 4.69) is 15.6 Å². The van der Waals surface area contributed by atoms with Crippen LogP contribution >= 0.6 is 0 Å². The third kappa shape index (κ3) is 3.61. The first kappa shape index (κ1) is 15.5. The summed E-state index contributed by atoms with van der Waals surface area (Å²) < 4.78 is 1.79. The Morgan fingerprint density at radius 2 is 2.32 bits per heavy atom. The van der Waals surface area contributed by atoms with Crippen molar-refractivity contribution in [2.75, 3.05) is 6.54 Å². The Morgan fingerprint density at radius 1 is 1.50 bits per heavy atom. The van der Waals surface area contributed by atoms with Gasteiger partial charge in [0.25, 0.3) is 5.91 Å². The highest BCUT2D eigenvalue weighted by Crippen LogP contribution is 2.07. The molecule has 0 bridgehead atoms. The normalized spacial score (nSPS) is 11.6. The maximum atomic E-state index is 12.3. The molecule has 7 nitrogen and oxygen atoms in total. The van der Waals surface area contributed by atoms with Gasteiger partial charge in [0.1, 0.15) is 12.6 Å². The molecule has 0 aliphatic carbocycles. The zero-order valence-corrected chi connectivity index (χ0v) is 12.2. The van der Waals surface area contributed by atoms with Crippen LogP contribution < -0.4 is 10.6 Å². The molecule has 2 amide bonds. The van der Waals surface area contributed by atoms with Crippen LogP contribution in [0.4, 0.5) is 0 Å². The fourth-order valence-corrected chi connectivity index (χ4v) is 2.11. The Morgan fingerprint density at radius 3 is 3.05 bits per heavy atom. The molecule has 2 N–H and O–H groups in total. The zero-order chi connectivity index (χ0) is 15.9. The van der Waals surface area contributed by atoms with E-state index in [1.165, 1.54) is 0 Å². The minimum atomic E-state index is -0.646. The number of nitriles is 1. The third-order valence-electron chi connectivity index (χ3n) is 3.22. The number of pyridine rings is 1. The van der Waals surface area contributed by atoms with Crippen molar-refractivity contribution in [3.05, 3.63) is 36.4 Å². The van der Waals surface area contributed by atoms with E-state index in [-0.39, 0.29) is 18.4 Å². The summed E-state index contributed by atoms with van der Waals surface area (Å²) in [6.45, 7) is 1.85. The van der Waals surface area contributed by atoms with Gasteiger partial charge in [0.15, 0.2) is 0 Å². The number of hydrogen-bond donors (Lipinski definition) is 2. The Kier molecular flexibility index (Phi) is 5.09. The van der Waals surface area contributed by atoms with Crippen molar-refractivity contribution >= 4 is 17.3 Å². The van der Waals surface area contributed by atoms with Crippen molar-refractivity contribution in [2.45, 2.75) is 25.8 Å². The number of carbonyl (C=O) groups is 2. The van der Waals surface area contributed by atoms with Crippen LogP contribution in [0.5, 0.6) is 0 Å². The number of carbonyl (C=O) groups excluding carboxylic acids is 2. The molecule has 0 radical (unpaired) electrons. The van der Waals surface area contributed by atoms with Crippen molar-refractivity contribution in [3.8, 4) is 6.07 Å². The quantitative estimate of drug-likeness (QED) is 0.773. The SMILES string of the molecule is CCCC(NC(=O)c1ccn2cncc2c1)C(=O)NCC#N. The van der Waals surface area contributed by atoms with Gasteiger partial charge in [-0.15, -0.1) is 0 Å². The lowest BCUT2D eigenvalue weighted by atomic mass is 10.1. The molecule has 0 aliphatic heterocycles. The summed E-state index contributed by atoms with van der Waals surface area (Å²) in [4.78, 5) is 28.2. The molecule has 22 heavy (non-hydrogen) atoms. The molecule has 1 atom stereocenters. The number of hydrogen-bond acceptors (Lipinski definition) is 4. The van der Waals surface area contributed by atoms with Crippen molar-refractivity contribution in [3.63, 3.8) is 0 Å². The molecule has 2 aromatic heterocycles. The first-order valence-corrected chi connectivity index (χ1v) is 7.03. The highest BCUT2D eigenvalue weighted by atomic mass is 16.2. The molecule has 7 heteroatoms. The van der Waals surface area contributed by atoms with Gasteiger partial charge in [-0.2, -0.15) is 5.26 Å². The minimum Gasteiger partial charge on any atom is -0.341 e. The van der Waals surface area contributed by atoms with Crippen LogP contribution in [0.25, 0.3) is 5.52 Å². The summed E-state index contributed by atoms with van der Waals surface area (Å²) >= 11 is 0. The molecule has 0 aromatic carbocycles. The van der Waals surface area contributed by atoms with Crippen LogP contribution in [-0.2, 0) is 4.79 Å². The van der Waals surface area contributed by atoms with E-state index in [9.17, 15) is 9.59 Å². The molecule has 2 heterocycles. The van der Waals surface area contributed by atoms with E-state index in [4.69, 9.17) is 5.26 Å². The van der Waals surface area contributed by atoms with E-state index in [0.29, 0.717) is 12.0 Å². The molecule has 0 spiro atoms. The summed E-state index contributed by atoms with van der Waals surface area (Å²) in [6, 6.07) is 4.57. The van der Waals surface area contributed by atoms with Crippen LogP contribution in [-0.4, -0.2) is 33.8 Å². The predicted octanol–water partition coefficient (Wildman–Crippen LogP) is 0.873. The molecule has 0 saturated heterocycles. The lowest BCUT2D eigenvalue weighted by molar-refractivity contribution is -0.122. The molecular weight excluding hydrogens is 282 g/mol. The Bertz CT molecular complexity index is 716. The molecule has 0 saturated carbocycles. The van der Waals surface area contributed by atoms with E-state index in [0.717, 1.165) is 11.9 Å². The van der Waals surface area contributed by atoms with Gasteiger partial charge in [0, 0.05) is 11.8 Å². The van der Waals surface area contributed by atoms with E-state index in [1.54, 1.807) is 35.3 Å². The maximum Gasteiger partial charge on any atom is 0.252 e. The Labute approximate surface area is 128 Å². The van der Waals surface area contributed by atoms with Gasteiger partial charge in [-0.05, 0) is 18.6 Å². The maximum absolute atomic E-state index is 12.3. The predicted molar refractivity (Wildman–Crippen MR) is 80.0 cm³/mol. The zero-order valence-electron chi connectivity index (χ0n) is 12.2. The Hall–Kier alpha value is -2.88. The van der Waals surface area contributed by atoms with Crippen molar-refractivity contribution in [1.29, 1.82) is 5.26 Å². The van der Waals surface area contributed by atoms with E-state index >= 15 is 0 Å². The second kappa shape index (κ2) is 7.22. The fourth-order valence-electron chi connectivity index (χ4n) is 2.11. The van der Waals surface area contributed by atoms with Gasteiger partial charge in [-0.1, -0.05) is 13.3 Å². The molecule has 0 aliphatic rings. The number of nitrogens with zero attached hydrogens (tertiary/aromatic N) is 3. The van der Waals surface area contributed by atoms with Crippen LogP contribution in [0.15, 0.2) is 30.9 Å². The first-order valence-electron chi connectivity index (χ1n) is 7.03. The highest BCUT2D eigenvalue weighted by Gasteiger charge is 2.20. The van der Waals surface area contributed by atoms with Gasteiger partial charge in [-0.3, -0.25) is 9.59 Å². The summed E-state index contributed by atoms with van der Waals surface area (Å²) in [6.07, 6.45) is 6.29. The topological polar surface area (TPSA) is 99.3 Å². The standard InChI is InChI=1S/C15H17N5O2/c1-2-3-13(15(22)18-6-5-16)19-14(21)11-4-7-20-10-17-9-12(20)8-11/h4,7-10,13H,2-3,6H2,1H3,(H,18,22)(H,19,21). The second-order valence-electron chi connectivity index (χ2n) is 4.83. The van der Waals surface area contributed by atoms with Gasteiger partial charge < -0.3 is 15.0 Å². The first-order chi connectivity index (χ1) is 10.7. The minimum absolute atomic E-state index is 0.0727. The van der Waals surface area contributed by atoms with Crippen LogP contribution in [0.2, 0.25) is 0 Å². The Balaban J connectivity index is 2.09. The average Bonchev–Trinajstić information content (AvgIpc) is 2.99. The molecule has 114 valence electrons. The molecular formula is C15H17N5O2. The number of amides is 2. The van der Waals surface area contributed by atoms with E-state index in [1.807, 2.05) is 13.0 Å². The molecule has 2 aromatic rings. The van der Waals surface area contributed by atoms with Crippen LogP contribution in [0, 0.1) is 11.3 Å². The van der Waals surface area contributed by atoms with Gasteiger partial charge in [-0.25, -0.2) is 4.98 Å². The van der Waals surface area contributed by atoms with Crippen molar-refractivity contribution in [1.82, 2.24) is 20.0 Å². The molecule has 2 rings (SSSR count). The number of rotatable bonds is 6. The number of imidazole rings is 1. The fraction of sp³-hybridized carbons (Fsp3) is 0.333. The smallest absolute Gasteiger partial charge is 0.252 e. The highest BCUT2D eigenvalue weighted by molar-refractivity contribution is 5.98. The van der Waals surface area contributed by atoms with Crippen molar-refractivity contribution < 1.29 is 9.59 Å². The van der Waals surface area contributed by atoms with Gasteiger partial charge in [0.2, 0.25) is 5.91 Å². The second-order valence-corrected chi connectivity index (χ2v) is 4.83. The number of fused-ring (bicyclic) bond motifs is 1. The van der Waals surface area contributed by atoms with Crippen molar-refractivity contribution in [2.24, 2.45) is 0 Å². The monoisotopic (exact) mass is 299 g/mol. The lowest BCUT2D eigenvalue weighted by Gasteiger charge is -2.17. The van der Waals surface area contributed by atoms with Crippen LogP contribution in [0.1, 0.15) is 30.1 Å². The molecule has 0 fully saturated rings. The molecule has 1 unspecified atom stereocenters. The number of aromatic nitrogens is 2. The van der Waals surface area contributed by atoms with Gasteiger partial charge in [0.05, 0.1) is 24.1 Å². The summed E-state index contributed by atoms with van der Waals surface area (Å²) in [5.41, 5.74) is 1.26. The summed E-state index contributed by atoms with van der Waals surface area (Å²) in [5, 5.41) is 13.7. The lowest BCUT2D eigenvalue weighted by Crippen LogP contribution is -2.46. The summed E-state index contributed by atoms with van der Waals surface area (Å²) in [7, 11) is 0. The largest absolute Gasteiger partial charge is 0.341 e.